The van der Waals surface area contributed by atoms with Crippen LogP contribution >= 0.6 is 11.3 Å². The van der Waals surface area contributed by atoms with Crippen LogP contribution in [-0.4, -0.2) is 35.7 Å². The maximum atomic E-state index is 5.74. The maximum Gasteiger partial charge on any atom is 0.181 e. The van der Waals surface area contributed by atoms with Crippen molar-refractivity contribution >= 4 is 26.7 Å². The molecule has 19 heavy (non-hydrogen) atoms. The van der Waals surface area contributed by atoms with Gasteiger partial charge in [-0.3, -0.25) is 4.90 Å². The molecule has 4 nitrogen and oxygen atoms in total. The van der Waals surface area contributed by atoms with Gasteiger partial charge in [0.05, 0.1) is 22.9 Å². The summed E-state index contributed by atoms with van der Waals surface area (Å²) in [7, 11) is 0. The van der Waals surface area contributed by atoms with E-state index in [1.807, 2.05) is 0 Å². The molecule has 1 aliphatic rings. The molecule has 1 fully saturated rings. The molecule has 102 valence electrons. The second-order valence-corrected chi connectivity index (χ2v) is 6.05. The summed E-state index contributed by atoms with van der Waals surface area (Å²) < 4.78 is 6.88. The second kappa shape index (κ2) is 5.45. The van der Waals surface area contributed by atoms with Crippen molar-refractivity contribution in [2.45, 2.75) is 26.0 Å². The molecule has 1 saturated heterocycles. The fraction of sp³-hybridized carbons (Fsp3) is 0.500. The lowest BCUT2D eigenvalue weighted by atomic mass is 10.1. The van der Waals surface area contributed by atoms with Crippen LogP contribution in [0.3, 0.4) is 0 Å². The molecule has 1 atom stereocenters. The zero-order valence-corrected chi connectivity index (χ0v) is 11.9. The summed E-state index contributed by atoms with van der Waals surface area (Å²) in [5.41, 5.74) is 8.07. The Morgan fingerprint density at radius 1 is 1.53 bits per heavy atom. The summed E-state index contributed by atoms with van der Waals surface area (Å²) >= 11 is 1.56. The molecular formula is C14H19N3OS. The minimum Gasteiger partial charge on any atom is -0.376 e. The minimum atomic E-state index is 0.386. The van der Waals surface area contributed by atoms with Crippen molar-refractivity contribution in [1.29, 1.82) is 0 Å². The number of morpholine rings is 1. The number of nitrogen functional groups attached to an aromatic ring is 1. The second-order valence-electron chi connectivity index (χ2n) is 4.99. The lowest BCUT2D eigenvalue weighted by Gasteiger charge is -2.32. The average molecular weight is 277 g/mol. The summed E-state index contributed by atoms with van der Waals surface area (Å²) in [5.74, 6) is 0. The quantitative estimate of drug-likeness (QED) is 0.936. The van der Waals surface area contributed by atoms with Crippen LogP contribution in [0.2, 0.25) is 0 Å². The summed E-state index contributed by atoms with van der Waals surface area (Å²) in [6, 6.07) is 6.42. The Kier molecular flexibility index (Phi) is 3.68. The Hall–Kier alpha value is -1.17. The van der Waals surface area contributed by atoms with E-state index < -0.39 is 0 Å². The first-order valence-electron chi connectivity index (χ1n) is 6.73. The van der Waals surface area contributed by atoms with E-state index in [9.17, 15) is 0 Å². The van der Waals surface area contributed by atoms with Crippen LogP contribution < -0.4 is 5.73 Å². The molecule has 1 aromatic carbocycles. The molecule has 0 spiro atoms. The summed E-state index contributed by atoms with van der Waals surface area (Å²) in [4.78, 5) is 6.75. The fourth-order valence-electron chi connectivity index (χ4n) is 2.51. The third-order valence-electron chi connectivity index (χ3n) is 3.55. The van der Waals surface area contributed by atoms with Gasteiger partial charge < -0.3 is 10.5 Å². The topological polar surface area (TPSA) is 51.4 Å². The van der Waals surface area contributed by atoms with Gasteiger partial charge in [-0.2, -0.15) is 0 Å². The highest BCUT2D eigenvalue weighted by Gasteiger charge is 2.18. The van der Waals surface area contributed by atoms with Crippen molar-refractivity contribution in [3.05, 3.63) is 23.8 Å². The lowest BCUT2D eigenvalue weighted by molar-refractivity contribution is -0.0324. The lowest BCUT2D eigenvalue weighted by Crippen LogP contribution is -2.41. The molecule has 3 rings (SSSR count). The third kappa shape index (κ3) is 2.88. The normalized spacial score (nSPS) is 21.0. The monoisotopic (exact) mass is 277 g/mol. The van der Waals surface area contributed by atoms with Crippen LogP contribution in [0.4, 0.5) is 5.13 Å². The van der Waals surface area contributed by atoms with E-state index in [0.29, 0.717) is 11.2 Å². The van der Waals surface area contributed by atoms with Crippen LogP contribution in [0.15, 0.2) is 18.2 Å². The number of thiazole rings is 1. The highest BCUT2D eigenvalue weighted by atomic mass is 32.1. The van der Waals surface area contributed by atoms with E-state index in [4.69, 9.17) is 10.5 Å². The van der Waals surface area contributed by atoms with Crippen molar-refractivity contribution in [2.24, 2.45) is 0 Å². The van der Waals surface area contributed by atoms with E-state index in [1.165, 1.54) is 10.3 Å². The zero-order chi connectivity index (χ0) is 13.2. The van der Waals surface area contributed by atoms with E-state index in [-0.39, 0.29) is 0 Å². The largest absolute Gasteiger partial charge is 0.376 e. The van der Waals surface area contributed by atoms with Crippen molar-refractivity contribution in [3.63, 3.8) is 0 Å². The van der Waals surface area contributed by atoms with Crippen LogP contribution in [-0.2, 0) is 11.3 Å². The maximum absolute atomic E-state index is 5.74. The smallest absolute Gasteiger partial charge is 0.181 e. The first-order valence-corrected chi connectivity index (χ1v) is 7.55. The minimum absolute atomic E-state index is 0.386. The number of nitrogens with two attached hydrogens (primary N) is 1. The van der Waals surface area contributed by atoms with Crippen LogP contribution in [0.1, 0.15) is 18.9 Å². The molecule has 2 heterocycles. The molecule has 0 bridgehead atoms. The highest BCUT2D eigenvalue weighted by molar-refractivity contribution is 7.22. The fourth-order valence-corrected chi connectivity index (χ4v) is 3.31. The van der Waals surface area contributed by atoms with Crippen molar-refractivity contribution in [1.82, 2.24) is 9.88 Å². The average Bonchev–Trinajstić information content (AvgIpc) is 2.78. The Morgan fingerprint density at radius 3 is 3.26 bits per heavy atom. The molecule has 2 N–H and O–H groups in total. The molecule has 1 unspecified atom stereocenters. The van der Waals surface area contributed by atoms with Crippen LogP contribution in [0.25, 0.3) is 10.2 Å². The zero-order valence-electron chi connectivity index (χ0n) is 11.1. The number of ether oxygens (including phenoxy) is 1. The number of anilines is 1. The molecule has 5 heteroatoms. The number of hydrogen-bond donors (Lipinski definition) is 1. The molecular weight excluding hydrogens is 258 g/mol. The predicted octanol–water partition coefficient (Wildman–Crippen LogP) is 2.49. The standard InChI is InChI=1S/C14H19N3OS/c1-2-11-9-17(5-6-18-11)8-10-3-4-12-13(7-10)19-14(15)16-12/h3-4,7,11H,2,5-6,8-9H2,1H3,(H2,15,16). The van der Waals surface area contributed by atoms with E-state index in [2.05, 4.69) is 35.0 Å². The molecule has 0 radical (unpaired) electrons. The number of fused-ring (bicyclic) bond motifs is 1. The number of hydrogen-bond acceptors (Lipinski definition) is 5. The van der Waals surface area contributed by atoms with Crippen molar-refractivity contribution < 1.29 is 4.74 Å². The molecule has 0 aliphatic carbocycles. The molecule has 2 aromatic rings. The van der Waals surface area contributed by atoms with Gasteiger partial charge in [0, 0.05) is 19.6 Å². The number of nitrogens with zero attached hydrogens (tertiary/aromatic N) is 2. The van der Waals surface area contributed by atoms with Gasteiger partial charge in [0.15, 0.2) is 5.13 Å². The van der Waals surface area contributed by atoms with Gasteiger partial charge in [0.1, 0.15) is 0 Å². The van der Waals surface area contributed by atoms with Crippen molar-refractivity contribution in [3.8, 4) is 0 Å². The van der Waals surface area contributed by atoms with Crippen LogP contribution in [0, 0.1) is 0 Å². The first kappa shape index (κ1) is 12.8. The van der Waals surface area contributed by atoms with Gasteiger partial charge in [0.25, 0.3) is 0 Å². The molecule has 1 aliphatic heterocycles. The Balaban J connectivity index is 1.73. The highest BCUT2D eigenvalue weighted by Crippen LogP contribution is 2.25. The van der Waals surface area contributed by atoms with Crippen molar-refractivity contribution in [2.75, 3.05) is 25.4 Å². The summed E-state index contributed by atoms with van der Waals surface area (Å²) in [6.45, 7) is 6.04. The van der Waals surface area contributed by atoms with Gasteiger partial charge in [-0.05, 0) is 24.1 Å². The summed E-state index contributed by atoms with van der Waals surface area (Å²) in [6.07, 6.45) is 1.47. The van der Waals surface area contributed by atoms with Gasteiger partial charge in [-0.1, -0.05) is 24.3 Å². The Bertz CT molecular complexity index is 569. The Labute approximate surface area is 117 Å². The first-order chi connectivity index (χ1) is 9.24. The van der Waals surface area contributed by atoms with E-state index >= 15 is 0 Å². The number of rotatable bonds is 3. The SMILES string of the molecule is CCC1CN(Cc2ccc3nc(N)sc3c2)CCO1. The summed E-state index contributed by atoms with van der Waals surface area (Å²) in [5, 5.41) is 0.643. The number of aromatic nitrogens is 1. The van der Waals surface area contributed by atoms with Gasteiger partial charge in [-0.25, -0.2) is 4.98 Å². The molecule has 1 aromatic heterocycles. The van der Waals surface area contributed by atoms with Crippen LogP contribution in [0.5, 0.6) is 0 Å². The predicted molar refractivity (Wildman–Crippen MR) is 79.3 cm³/mol. The molecule has 0 saturated carbocycles. The van der Waals surface area contributed by atoms with Gasteiger partial charge >= 0.3 is 0 Å². The third-order valence-corrected chi connectivity index (χ3v) is 4.40. The van der Waals surface area contributed by atoms with E-state index in [0.717, 1.165) is 38.2 Å². The number of benzene rings is 1. The molecule has 0 amide bonds. The van der Waals surface area contributed by atoms with Gasteiger partial charge in [0.2, 0.25) is 0 Å². The van der Waals surface area contributed by atoms with Gasteiger partial charge in [-0.15, -0.1) is 0 Å². The van der Waals surface area contributed by atoms with E-state index in [1.54, 1.807) is 11.3 Å². The Morgan fingerprint density at radius 2 is 2.42 bits per heavy atom.